The molecule has 1 fully saturated rings. The van der Waals surface area contributed by atoms with E-state index < -0.39 is 6.04 Å². The number of carbonyl (C=O) groups excluding carboxylic acids is 2. The van der Waals surface area contributed by atoms with Gasteiger partial charge in [0.15, 0.2) is 6.04 Å². The molecule has 1 amide bonds. The zero-order chi connectivity index (χ0) is 13.4. The summed E-state index contributed by atoms with van der Waals surface area (Å²) in [6, 6.07) is -0.809. The minimum atomic E-state index is -0.507. The van der Waals surface area contributed by atoms with E-state index in [1.54, 1.807) is 16.7 Å². The number of hydrogen-bond donors (Lipinski definition) is 0. The summed E-state index contributed by atoms with van der Waals surface area (Å²) in [5.74, 6) is -0.392. The molecule has 0 radical (unpaired) electrons. The van der Waals surface area contributed by atoms with Crippen LogP contribution in [0.5, 0.6) is 0 Å². The second-order valence-electron chi connectivity index (χ2n) is 4.51. The number of ether oxygens (including phenoxy) is 1. The molecule has 0 aliphatic carbocycles. The lowest BCUT2D eigenvalue weighted by atomic mass is 9.96. The van der Waals surface area contributed by atoms with E-state index in [0.29, 0.717) is 0 Å². The normalized spacial score (nSPS) is 27.7. The van der Waals surface area contributed by atoms with Crippen molar-refractivity contribution in [2.45, 2.75) is 31.3 Å². The summed E-state index contributed by atoms with van der Waals surface area (Å²) in [7, 11) is 1.35. The number of rotatable bonds is 3. The van der Waals surface area contributed by atoms with Gasteiger partial charge in [-0.25, -0.2) is 4.79 Å². The van der Waals surface area contributed by atoms with Gasteiger partial charge in [-0.15, -0.1) is 11.8 Å². The molecule has 2 aliphatic heterocycles. The molecular formula is C11H16N2O3S2. The number of likely N-dealkylation sites (tertiary alicyclic amines) is 1. The van der Waals surface area contributed by atoms with Crippen LogP contribution in [0.2, 0.25) is 0 Å². The summed E-state index contributed by atoms with van der Waals surface area (Å²) in [5.41, 5.74) is 0. The summed E-state index contributed by atoms with van der Waals surface area (Å²) in [6.45, 7) is 3.83. The Hall–Kier alpha value is -0.690. The number of β-lactam (4-membered cyclic amide) rings is 1. The van der Waals surface area contributed by atoms with Gasteiger partial charge in [0.1, 0.15) is 15.8 Å². The van der Waals surface area contributed by atoms with E-state index in [1.807, 2.05) is 20.1 Å². The summed E-state index contributed by atoms with van der Waals surface area (Å²) in [5, 5.41) is -0.0357. The quantitative estimate of drug-likeness (QED) is 0.576. The molecule has 0 spiro atoms. The van der Waals surface area contributed by atoms with Crippen molar-refractivity contribution < 1.29 is 14.3 Å². The largest absolute Gasteiger partial charge is 0.467 e. The van der Waals surface area contributed by atoms with Crippen molar-refractivity contribution in [2.75, 3.05) is 13.4 Å². The van der Waals surface area contributed by atoms with Gasteiger partial charge in [0.2, 0.25) is 0 Å². The Bertz CT molecular complexity index is 411. The Labute approximate surface area is 115 Å². The van der Waals surface area contributed by atoms with E-state index in [2.05, 4.69) is 4.99 Å². The molecule has 0 aromatic rings. The molecule has 0 unspecified atom stereocenters. The molecule has 2 aliphatic rings. The highest BCUT2D eigenvalue weighted by Crippen LogP contribution is 2.43. The van der Waals surface area contributed by atoms with Gasteiger partial charge >= 0.3 is 5.97 Å². The predicted molar refractivity (Wildman–Crippen MR) is 73.6 cm³/mol. The first-order chi connectivity index (χ1) is 8.51. The summed E-state index contributed by atoms with van der Waals surface area (Å²) in [4.78, 5) is 29.8. The SMILES string of the molecule is COC(=O)[C@@H](C(C)C)N1C(=O)[C@H]2N=C(SC)S[C@H]21. The Kier molecular flexibility index (Phi) is 3.91. The smallest absolute Gasteiger partial charge is 0.328 e. The number of aliphatic imine (C=N–C) groups is 1. The van der Waals surface area contributed by atoms with Gasteiger partial charge in [0, 0.05) is 0 Å². The van der Waals surface area contributed by atoms with E-state index in [4.69, 9.17) is 4.74 Å². The second kappa shape index (κ2) is 5.13. The van der Waals surface area contributed by atoms with Crippen LogP contribution in [0.15, 0.2) is 4.99 Å². The van der Waals surface area contributed by atoms with Crippen molar-refractivity contribution >= 4 is 39.8 Å². The van der Waals surface area contributed by atoms with E-state index in [1.165, 1.54) is 18.9 Å². The van der Waals surface area contributed by atoms with Crippen LogP contribution in [0.4, 0.5) is 0 Å². The predicted octanol–water partition coefficient (Wildman–Crippen LogP) is 1.19. The van der Waals surface area contributed by atoms with Crippen LogP contribution in [0.25, 0.3) is 0 Å². The molecule has 0 bridgehead atoms. The molecule has 5 nitrogen and oxygen atoms in total. The lowest BCUT2D eigenvalue weighted by Crippen LogP contribution is -2.67. The number of esters is 1. The standard InChI is InChI=1S/C11H16N2O3S2/c1-5(2)7(10(15)16-3)13-8(14)6-9(13)18-11(12-6)17-4/h5-7,9H,1-4H3/t6-,7-,9-/m1/s1. The minimum Gasteiger partial charge on any atom is -0.467 e. The Balaban J connectivity index is 2.16. The first kappa shape index (κ1) is 13.7. The van der Waals surface area contributed by atoms with E-state index in [9.17, 15) is 9.59 Å². The highest BCUT2D eigenvalue weighted by Gasteiger charge is 2.56. The summed E-state index contributed by atoms with van der Waals surface area (Å²) < 4.78 is 5.71. The molecule has 0 saturated carbocycles. The zero-order valence-electron chi connectivity index (χ0n) is 10.7. The molecule has 0 aromatic heterocycles. The van der Waals surface area contributed by atoms with Crippen LogP contribution < -0.4 is 0 Å². The molecule has 0 N–H and O–H groups in total. The molecule has 7 heteroatoms. The average molecular weight is 288 g/mol. The van der Waals surface area contributed by atoms with E-state index >= 15 is 0 Å². The Morgan fingerprint density at radius 3 is 2.72 bits per heavy atom. The van der Waals surface area contributed by atoms with Crippen LogP contribution in [-0.2, 0) is 14.3 Å². The first-order valence-electron chi connectivity index (χ1n) is 5.69. The highest BCUT2D eigenvalue weighted by molar-refractivity contribution is 8.39. The number of carbonyl (C=O) groups is 2. The maximum Gasteiger partial charge on any atom is 0.328 e. The third-order valence-corrected chi connectivity index (χ3v) is 5.34. The summed E-state index contributed by atoms with van der Waals surface area (Å²) in [6.07, 6.45) is 1.94. The lowest BCUT2D eigenvalue weighted by molar-refractivity contribution is -0.163. The number of thioether (sulfide) groups is 2. The van der Waals surface area contributed by atoms with Gasteiger partial charge in [0.05, 0.1) is 7.11 Å². The Morgan fingerprint density at radius 2 is 2.22 bits per heavy atom. The Morgan fingerprint density at radius 1 is 1.56 bits per heavy atom. The van der Waals surface area contributed by atoms with Crippen LogP contribution >= 0.6 is 23.5 Å². The molecule has 1 saturated heterocycles. The molecule has 100 valence electrons. The van der Waals surface area contributed by atoms with Crippen molar-refractivity contribution in [1.82, 2.24) is 4.90 Å². The fraction of sp³-hybridized carbons (Fsp3) is 0.727. The minimum absolute atomic E-state index is 0.0290. The van der Waals surface area contributed by atoms with Crippen molar-refractivity contribution in [3.8, 4) is 0 Å². The van der Waals surface area contributed by atoms with E-state index in [0.717, 1.165) is 4.38 Å². The molecular weight excluding hydrogens is 272 g/mol. The molecule has 18 heavy (non-hydrogen) atoms. The average Bonchev–Trinajstić information content (AvgIpc) is 2.73. The topological polar surface area (TPSA) is 59.0 Å². The third kappa shape index (κ3) is 2.03. The van der Waals surface area contributed by atoms with Crippen LogP contribution in [0.3, 0.4) is 0 Å². The number of fused-ring (bicyclic) bond motifs is 1. The second-order valence-corrected chi connectivity index (χ2v) is 6.67. The monoisotopic (exact) mass is 288 g/mol. The van der Waals surface area contributed by atoms with Gasteiger partial charge in [-0.05, 0) is 12.2 Å². The first-order valence-corrected chi connectivity index (χ1v) is 7.80. The van der Waals surface area contributed by atoms with E-state index in [-0.39, 0.29) is 29.2 Å². The van der Waals surface area contributed by atoms with Crippen molar-refractivity contribution in [2.24, 2.45) is 10.9 Å². The molecule has 3 atom stereocenters. The van der Waals surface area contributed by atoms with Gasteiger partial charge in [-0.1, -0.05) is 25.6 Å². The van der Waals surface area contributed by atoms with Crippen molar-refractivity contribution in [3.63, 3.8) is 0 Å². The summed E-state index contributed by atoms with van der Waals surface area (Å²) >= 11 is 3.09. The maximum absolute atomic E-state index is 12.1. The van der Waals surface area contributed by atoms with Crippen molar-refractivity contribution in [3.05, 3.63) is 0 Å². The third-order valence-electron chi connectivity index (χ3n) is 3.07. The lowest BCUT2D eigenvalue weighted by Gasteiger charge is -2.46. The molecule has 0 aromatic carbocycles. The fourth-order valence-corrected chi connectivity index (χ4v) is 4.12. The zero-order valence-corrected chi connectivity index (χ0v) is 12.4. The van der Waals surface area contributed by atoms with Crippen LogP contribution in [-0.4, -0.2) is 52.0 Å². The van der Waals surface area contributed by atoms with Gasteiger partial charge in [0.25, 0.3) is 5.91 Å². The molecule has 2 heterocycles. The molecule has 2 rings (SSSR count). The van der Waals surface area contributed by atoms with Gasteiger partial charge in [-0.3, -0.25) is 9.79 Å². The maximum atomic E-state index is 12.1. The van der Waals surface area contributed by atoms with Crippen LogP contribution in [0, 0.1) is 5.92 Å². The van der Waals surface area contributed by atoms with Crippen molar-refractivity contribution in [1.29, 1.82) is 0 Å². The number of amides is 1. The van der Waals surface area contributed by atoms with Crippen LogP contribution in [0.1, 0.15) is 13.8 Å². The number of methoxy groups -OCH3 is 1. The number of hydrogen-bond acceptors (Lipinski definition) is 6. The highest BCUT2D eigenvalue weighted by atomic mass is 32.2. The fourth-order valence-electron chi connectivity index (χ4n) is 2.18. The van der Waals surface area contributed by atoms with Gasteiger partial charge < -0.3 is 9.64 Å². The number of nitrogens with zero attached hydrogens (tertiary/aromatic N) is 2. The van der Waals surface area contributed by atoms with Gasteiger partial charge in [-0.2, -0.15) is 0 Å².